The van der Waals surface area contributed by atoms with E-state index < -0.39 is 0 Å². The number of nitrogens with zero attached hydrogens (tertiary/aromatic N) is 2. The third kappa shape index (κ3) is 2.98. The van der Waals surface area contributed by atoms with E-state index in [0.717, 1.165) is 11.8 Å². The highest BCUT2D eigenvalue weighted by Crippen LogP contribution is 2.25. The van der Waals surface area contributed by atoms with Gasteiger partial charge in [0, 0.05) is 36.6 Å². The van der Waals surface area contributed by atoms with Crippen LogP contribution in [-0.4, -0.2) is 26.8 Å². The van der Waals surface area contributed by atoms with Crippen molar-refractivity contribution in [2.24, 2.45) is 7.05 Å². The Morgan fingerprint density at radius 2 is 2.53 bits per heavy atom. The summed E-state index contributed by atoms with van der Waals surface area (Å²) in [4.78, 5) is 0. The number of nitrogens with one attached hydrogen (secondary N) is 1. The number of hydrogen-bond acceptors (Lipinski definition) is 3. The van der Waals surface area contributed by atoms with Gasteiger partial charge in [-0.1, -0.05) is 6.92 Å². The highest BCUT2D eigenvalue weighted by molar-refractivity contribution is 7.99. The molecule has 1 saturated heterocycles. The molecule has 2 unspecified atom stereocenters. The number of hydrogen-bond donors (Lipinski definition) is 1. The summed E-state index contributed by atoms with van der Waals surface area (Å²) >= 11 is 2.08. The molecule has 0 saturated carbocycles. The number of aryl methyl sites for hydroxylation is 1. The highest BCUT2D eigenvalue weighted by atomic mass is 32.2. The van der Waals surface area contributed by atoms with Crippen LogP contribution in [0.25, 0.3) is 0 Å². The van der Waals surface area contributed by atoms with Crippen molar-refractivity contribution in [2.45, 2.75) is 37.6 Å². The van der Waals surface area contributed by atoms with Crippen LogP contribution in [0.3, 0.4) is 0 Å². The lowest BCUT2D eigenvalue weighted by atomic mass is 10.1. The quantitative estimate of drug-likeness (QED) is 0.850. The summed E-state index contributed by atoms with van der Waals surface area (Å²) in [5, 5.41) is 8.54. The molecule has 2 rings (SSSR count). The Kier molecular flexibility index (Phi) is 3.70. The van der Waals surface area contributed by atoms with E-state index in [2.05, 4.69) is 35.3 Å². The Hall–Kier alpha value is -0.480. The first-order valence-corrected chi connectivity index (χ1v) is 6.63. The van der Waals surface area contributed by atoms with Crippen molar-refractivity contribution >= 4 is 11.8 Å². The van der Waals surface area contributed by atoms with E-state index >= 15 is 0 Å². The Bertz CT molecular complexity index is 311. The smallest absolute Gasteiger partial charge is 0.0534 e. The van der Waals surface area contributed by atoms with E-state index in [4.69, 9.17) is 0 Å². The normalized spacial score (nSPS) is 26.8. The Morgan fingerprint density at radius 3 is 3.20 bits per heavy atom. The molecule has 0 bridgehead atoms. The molecular weight excluding hydrogens is 206 g/mol. The summed E-state index contributed by atoms with van der Waals surface area (Å²) in [5.41, 5.74) is 1.28. The molecule has 2 heterocycles. The first-order valence-electron chi connectivity index (χ1n) is 5.58. The summed E-state index contributed by atoms with van der Waals surface area (Å²) in [6.45, 7) is 3.27. The van der Waals surface area contributed by atoms with E-state index in [0.29, 0.717) is 6.04 Å². The Morgan fingerprint density at radius 1 is 1.67 bits per heavy atom. The summed E-state index contributed by atoms with van der Waals surface area (Å²) < 4.78 is 1.86. The van der Waals surface area contributed by atoms with Crippen molar-refractivity contribution in [1.29, 1.82) is 0 Å². The minimum Gasteiger partial charge on any atom is -0.309 e. The minimum atomic E-state index is 0.670. The molecule has 0 spiro atoms. The minimum absolute atomic E-state index is 0.670. The Balaban J connectivity index is 1.81. The lowest BCUT2D eigenvalue weighted by Crippen LogP contribution is -2.38. The molecule has 0 radical (unpaired) electrons. The highest BCUT2D eigenvalue weighted by Gasteiger charge is 2.20. The van der Waals surface area contributed by atoms with Gasteiger partial charge < -0.3 is 5.32 Å². The SMILES string of the molecule is CC1SCCCC1NCc1cnn(C)c1. The molecule has 0 aromatic carbocycles. The molecule has 84 valence electrons. The fraction of sp³-hybridized carbons (Fsp3) is 0.727. The zero-order valence-corrected chi connectivity index (χ0v) is 10.3. The second-order valence-corrected chi connectivity index (χ2v) is 5.71. The third-order valence-corrected chi connectivity index (χ3v) is 4.31. The van der Waals surface area contributed by atoms with E-state index in [-0.39, 0.29) is 0 Å². The standard InChI is InChI=1S/C11H19N3S/c1-9-11(4-3-5-15-9)12-6-10-7-13-14(2)8-10/h7-9,11-12H,3-6H2,1-2H3. The molecular formula is C11H19N3S. The van der Waals surface area contributed by atoms with Gasteiger partial charge in [-0.3, -0.25) is 4.68 Å². The van der Waals surface area contributed by atoms with Crippen LogP contribution in [0.15, 0.2) is 12.4 Å². The van der Waals surface area contributed by atoms with Gasteiger partial charge in [-0.15, -0.1) is 0 Å². The number of aromatic nitrogens is 2. The predicted molar refractivity (Wildman–Crippen MR) is 65.0 cm³/mol. The van der Waals surface area contributed by atoms with Crippen LogP contribution in [0.5, 0.6) is 0 Å². The van der Waals surface area contributed by atoms with Gasteiger partial charge in [0.1, 0.15) is 0 Å². The van der Waals surface area contributed by atoms with Crippen molar-refractivity contribution < 1.29 is 0 Å². The van der Waals surface area contributed by atoms with Gasteiger partial charge in [-0.2, -0.15) is 16.9 Å². The maximum absolute atomic E-state index is 4.17. The zero-order chi connectivity index (χ0) is 10.7. The molecule has 3 nitrogen and oxygen atoms in total. The fourth-order valence-corrected chi connectivity index (χ4v) is 3.17. The van der Waals surface area contributed by atoms with Crippen molar-refractivity contribution in [1.82, 2.24) is 15.1 Å². The second kappa shape index (κ2) is 5.03. The summed E-state index contributed by atoms with van der Waals surface area (Å²) in [7, 11) is 1.96. The van der Waals surface area contributed by atoms with Gasteiger partial charge in [0.25, 0.3) is 0 Å². The van der Waals surface area contributed by atoms with Gasteiger partial charge in [-0.25, -0.2) is 0 Å². The molecule has 2 atom stereocenters. The first kappa shape index (κ1) is 11.0. The third-order valence-electron chi connectivity index (χ3n) is 2.93. The van der Waals surface area contributed by atoms with Crippen molar-refractivity contribution in [3.8, 4) is 0 Å². The van der Waals surface area contributed by atoms with E-state index in [1.54, 1.807) is 0 Å². The monoisotopic (exact) mass is 225 g/mol. The van der Waals surface area contributed by atoms with Crippen molar-refractivity contribution in [3.05, 3.63) is 18.0 Å². The lowest BCUT2D eigenvalue weighted by molar-refractivity contribution is 0.462. The lowest BCUT2D eigenvalue weighted by Gasteiger charge is -2.29. The van der Waals surface area contributed by atoms with E-state index in [9.17, 15) is 0 Å². The van der Waals surface area contributed by atoms with Gasteiger partial charge in [-0.05, 0) is 18.6 Å². The van der Waals surface area contributed by atoms with Crippen molar-refractivity contribution in [2.75, 3.05) is 5.75 Å². The van der Waals surface area contributed by atoms with Gasteiger partial charge >= 0.3 is 0 Å². The molecule has 0 amide bonds. The molecule has 1 aromatic rings. The summed E-state index contributed by atoms with van der Waals surface area (Å²) in [5.74, 6) is 1.33. The van der Waals surface area contributed by atoms with Crippen LogP contribution < -0.4 is 5.32 Å². The van der Waals surface area contributed by atoms with Crippen LogP contribution in [0.4, 0.5) is 0 Å². The van der Waals surface area contributed by atoms with Gasteiger partial charge in [0.15, 0.2) is 0 Å². The van der Waals surface area contributed by atoms with Crippen LogP contribution in [0, 0.1) is 0 Å². The summed E-state index contributed by atoms with van der Waals surface area (Å²) in [6.07, 6.45) is 6.68. The molecule has 0 aliphatic carbocycles. The van der Waals surface area contributed by atoms with E-state index in [1.807, 2.05) is 17.9 Å². The Labute approximate surface area is 95.6 Å². The average molecular weight is 225 g/mol. The molecule has 15 heavy (non-hydrogen) atoms. The van der Waals surface area contributed by atoms with Crippen LogP contribution >= 0.6 is 11.8 Å². The zero-order valence-electron chi connectivity index (χ0n) is 9.44. The van der Waals surface area contributed by atoms with Crippen LogP contribution in [0.2, 0.25) is 0 Å². The summed E-state index contributed by atoms with van der Waals surface area (Å²) in [6, 6.07) is 0.670. The van der Waals surface area contributed by atoms with Crippen LogP contribution in [0.1, 0.15) is 25.3 Å². The van der Waals surface area contributed by atoms with Crippen molar-refractivity contribution in [3.63, 3.8) is 0 Å². The number of thioether (sulfide) groups is 1. The molecule has 4 heteroatoms. The maximum atomic E-state index is 4.17. The van der Waals surface area contributed by atoms with Crippen LogP contribution in [-0.2, 0) is 13.6 Å². The van der Waals surface area contributed by atoms with E-state index in [1.165, 1.54) is 24.2 Å². The largest absolute Gasteiger partial charge is 0.309 e. The van der Waals surface area contributed by atoms with Gasteiger partial charge in [0.05, 0.1) is 6.20 Å². The predicted octanol–water partition coefficient (Wildman–Crippen LogP) is 1.79. The molecule has 1 N–H and O–H groups in total. The fourth-order valence-electron chi connectivity index (χ4n) is 2.00. The second-order valence-electron chi connectivity index (χ2n) is 4.23. The number of rotatable bonds is 3. The van der Waals surface area contributed by atoms with Gasteiger partial charge in [0.2, 0.25) is 0 Å². The first-order chi connectivity index (χ1) is 7.25. The molecule has 1 fully saturated rings. The average Bonchev–Trinajstić information content (AvgIpc) is 2.63. The molecule has 1 aromatic heterocycles. The molecule has 1 aliphatic heterocycles. The molecule has 1 aliphatic rings. The topological polar surface area (TPSA) is 29.9 Å². The maximum Gasteiger partial charge on any atom is 0.0534 e.